The fraction of sp³-hybridized carbons (Fsp3) is 0. The van der Waals surface area contributed by atoms with Crippen molar-refractivity contribution in [3.8, 4) is 0 Å². The van der Waals surface area contributed by atoms with Gasteiger partial charge < -0.3 is 5.32 Å². The number of pyridine rings is 1. The van der Waals surface area contributed by atoms with Crippen molar-refractivity contribution in [3.05, 3.63) is 62.9 Å². The van der Waals surface area contributed by atoms with Gasteiger partial charge >= 0.3 is 0 Å². The zero-order valence-corrected chi connectivity index (χ0v) is 10.9. The zero-order chi connectivity index (χ0) is 15.6. The maximum Gasteiger partial charge on any atom is 0.285 e. The number of amides is 1. The summed E-state index contributed by atoms with van der Waals surface area (Å²) < 4.78 is 26.2. The van der Waals surface area contributed by atoms with Gasteiger partial charge in [0.15, 0.2) is 11.6 Å². The lowest BCUT2D eigenvalue weighted by atomic mass is 10.1. The normalized spacial score (nSPS) is 10.2. The largest absolute Gasteiger partial charge is 0.320 e. The van der Waals surface area contributed by atoms with Gasteiger partial charge in [-0.15, -0.1) is 0 Å². The first-order chi connectivity index (χ1) is 9.88. The number of nitro benzene ring substituents is 1. The number of carbonyl (C=O) groups excluding carboxylic acids is 1. The number of halogens is 3. The van der Waals surface area contributed by atoms with Crippen LogP contribution in [-0.2, 0) is 0 Å². The van der Waals surface area contributed by atoms with Gasteiger partial charge in [0.2, 0.25) is 0 Å². The summed E-state index contributed by atoms with van der Waals surface area (Å²) in [5.41, 5.74) is -1.24. The van der Waals surface area contributed by atoms with E-state index in [1.807, 2.05) is 0 Å². The topological polar surface area (TPSA) is 85.1 Å². The van der Waals surface area contributed by atoms with E-state index in [1.54, 1.807) is 0 Å². The fourth-order valence-corrected chi connectivity index (χ4v) is 1.63. The lowest BCUT2D eigenvalue weighted by molar-refractivity contribution is -0.385. The molecule has 0 saturated heterocycles. The van der Waals surface area contributed by atoms with Gasteiger partial charge in [0, 0.05) is 0 Å². The highest BCUT2D eigenvalue weighted by molar-refractivity contribution is 6.29. The number of hydrogen-bond donors (Lipinski definition) is 1. The highest BCUT2D eigenvalue weighted by Crippen LogP contribution is 2.23. The molecule has 1 heterocycles. The maximum atomic E-state index is 13.2. The van der Waals surface area contributed by atoms with Crippen molar-refractivity contribution in [1.82, 2.24) is 4.98 Å². The van der Waals surface area contributed by atoms with Crippen molar-refractivity contribution in [2.24, 2.45) is 0 Å². The van der Waals surface area contributed by atoms with Crippen molar-refractivity contribution >= 4 is 28.9 Å². The number of rotatable bonds is 3. The number of benzene rings is 1. The third-order valence-corrected chi connectivity index (χ3v) is 2.69. The van der Waals surface area contributed by atoms with Crippen LogP contribution in [0.2, 0.25) is 5.15 Å². The van der Waals surface area contributed by atoms with Crippen LogP contribution in [-0.4, -0.2) is 15.8 Å². The van der Waals surface area contributed by atoms with E-state index in [2.05, 4.69) is 10.3 Å². The molecule has 0 fully saturated rings. The van der Waals surface area contributed by atoms with E-state index in [-0.39, 0.29) is 10.8 Å². The Morgan fingerprint density at radius 1 is 1.29 bits per heavy atom. The van der Waals surface area contributed by atoms with Gasteiger partial charge in [0.1, 0.15) is 10.7 Å². The summed E-state index contributed by atoms with van der Waals surface area (Å²) in [5, 5.41) is 13.3. The molecule has 0 aliphatic carbocycles. The molecule has 0 aliphatic heterocycles. The third kappa shape index (κ3) is 3.29. The summed E-state index contributed by atoms with van der Waals surface area (Å²) in [7, 11) is 0. The van der Waals surface area contributed by atoms with E-state index in [9.17, 15) is 23.7 Å². The molecule has 2 aromatic rings. The van der Waals surface area contributed by atoms with Crippen molar-refractivity contribution in [1.29, 1.82) is 0 Å². The summed E-state index contributed by atoms with van der Waals surface area (Å²) in [6, 6.07) is 3.60. The Morgan fingerprint density at radius 2 is 1.95 bits per heavy atom. The Hall–Kier alpha value is -2.61. The number of hydrogen-bond acceptors (Lipinski definition) is 4. The Morgan fingerprint density at radius 3 is 2.52 bits per heavy atom. The molecule has 1 aromatic carbocycles. The molecule has 6 nitrogen and oxygen atoms in total. The molecule has 0 unspecified atom stereocenters. The summed E-state index contributed by atoms with van der Waals surface area (Å²) in [4.78, 5) is 25.4. The first-order valence-corrected chi connectivity index (χ1v) is 5.82. The van der Waals surface area contributed by atoms with Crippen molar-refractivity contribution in [2.75, 3.05) is 5.32 Å². The molecule has 0 spiro atoms. The summed E-state index contributed by atoms with van der Waals surface area (Å²) in [6.07, 6.45) is 1.21. The van der Waals surface area contributed by atoms with Gasteiger partial charge in [-0.3, -0.25) is 14.9 Å². The fourth-order valence-electron chi connectivity index (χ4n) is 1.52. The maximum absolute atomic E-state index is 13.2. The summed E-state index contributed by atoms with van der Waals surface area (Å²) in [6.45, 7) is 0. The monoisotopic (exact) mass is 313 g/mol. The molecule has 0 bridgehead atoms. The highest BCUT2D eigenvalue weighted by Gasteiger charge is 2.24. The summed E-state index contributed by atoms with van der Waals surface area (Å²) >= 11 is 5.57. The van der Waals surface area contributed by atoms with E-state index in [4.69, 9.17) is 11.6 Å². The SMILES string of the molecule is O=C(Nc1ccc(Cl)nc1)c1cc(F)c(F)cc1[N+](=O)[O-]. The number of nitrogens with one attached hydrogen (secondary N) is 1. The molecule has 0 saturated carbocycles. The van der Waals surface area contributed by atoms with Crippen molar-refractivity contribution in [3.63, 3.8) is 0 Å². The van der Waals surface area contributed by atoms with Crippen molar-refractivity contribution < 1.29 is 18.5 Å². The van der Waals surface area contributed by atoms with Gasteiger partial charge in [-0.2, -0.15) is 0 Å². The van der Waals surface area contributed by atoms with E-state index in [0.717, 1.165) is 0 Å². The molecule has 108 valence electrons. The standard InChI is InChI=1S/C12H6ClF2N3O3/c13-11-2-1-6(5-16-11)17-12(19)7-3-8(14)9(15)4-10(7)18(20)21/h1-5H,(H,17,19). The predicted octanol–water partition coefficient (Wildman–Crippen LogP) is 3.17. The number of anilines is 1. The number of carbonyl (C=O) groups is 1. The Labute approximate surface area is 121 Å². The predicted molar refractivity (Wildman–Crippen MR) is 70.2 cm³/mol. The second kappa shape index (κ2) is 5.80. The van der Waals surface area contributed by atoms with Crippen molar-refractivity contribution in [2.45, 2.75) is 0 Å². The molecule has 0 aliphatic rings. The molecular weight excluding hydrogens is 308 g/mol. The Kier molecular flexibility index (Phi) is 4.08. The number of nitro groups is 1. The van der Waals surface area contributed by atoms with Gasteiger partial charge in [0.05, 0.1) is 22.9 Å². The van der Waals surface area contributed by atoms with Gasteiger partial charge in [-0.1, -0.05) is 11.6 Å². The lowest BCUT2D eigenvalue weighted by Crippen LogP contribution is -2.15. The van der Waals surface area contributed by atoms with Crippen LogP contribution in [0, 0.1) is 21.7 Å². The Balaban J connectivity index is 2.36. The van der Waals surface area contributed by atoms with Crippen LogP contribution in [0.25, 0.3) is 0 Å². The van der Waals surface area contributed by atoms with Crippen LogP contribution >= 0.6 is 11.6 Å². The molecular formula is C12H6ClF2N3O3. The van der Waals surface area contributed by atoms with Gasteiger partial charge in [-0.05, 0) is 18.2 Å². The minimum absolute atomic E-state index is 0.187. The molecule has 0 radical (unpaired) electrons. The number of nitrogens with zero attached hydrogens (tertiary/aromatic N) is 2. The van der Waals surface area contributed by atoms with Gasteiger partial charge in [-0.25, -0.2) is 13.8 Å². The first-order valence-electron chi connectivity index (χ1n) is 5.45. The second-order valence-electron chi connectivity index (χ2n) is 3.86. The van der Waals surface area contributed by atoms with E-state index in [0.29, 0.717) is 12.1 Å². The van der Waals surface area contributed by atoms with E-state index in [1.165, 1.54) is 18.3 Å². The lowest BCUT2D eigenvalue weighted by Gasteiger charge is -2.06. The molecule has 1 aromatic heterocycles. The average molecular weight is 314 g/mol. The third-order valence-electron chi connectivity index (χ3n) is 2.47. The second-order valence-corrected chi connectivity index (χ2v) is 4.25. The van der Waals surface area contributed by atoms with E-state index < -0.39 is 33.7 Å². The van der Waals surface area contributed by atoms with Gasteiger partial charge in [0.25, 0.3) is 11.6 Å². The first kappa shape index (κ1) is 14.8. The minimum atomic E-state index is -1.41. The van der Waals surface area contributed by atoms with Crippen LogP contribution in [0.15, 0.2) is 30.5 Å². The molecule has 2 rings (SSSR count). The zero-order valence-electron chi connectivity index (χ0n) is 10.1. The van der Waals surface area contributed by atoms with Crippen LogP contribution in [0.3, 0.4) is 0 Å². The molecule has 1 N–H and O–H groups in total. The molecule has 0 atom stereocenters. The average Bonchev–Trinajstić information content (AvgIpc) is 2.43. The molecule has 1 amide bonds. The van der Waals surface area contributed by atoms with E-state index >= 15 is 0 Å². The quantitative estimate of drug-likeness (QED) is 0.536. The van der Waals surface area contributed by atoms with Crippen LogP contribution in [0.5, 0.6) is 0 Å². The Bertz CT molecular complexity index is 722. The highest BCUT2D eigenvalue weighted by atomic mass is 35.5. The van der Waals surface area contributed by atoms with Crippen LogP contribution in [0.4, 0.5) is 20.2 Å². The molecule has 21 heavy (non-hydrogen) atoms. The van der Waals surface area contributed by atoms with Crippen LogP contribution < -0.4 is 5.32 Å². The van der Waals surface area contributed by atoms with Crippen LogP contribution in [0.1, 0.15) is 10.4 Å². The summed E-state index contributed by atoms with van der Waals surface area (Å²) in [5.74, 6) is -3.74. The number of aromatic nitrogens is 1. The molecule has 9 heteroatoms. The minimum Gasteiger partial charge on any atom is -0.320 e. The smallest absolute Gasteiger partial charge is 0.285 e.